The molecule has 1 amide bonds. The molecule has 1 aliphatic carbocycles. The molecule has 0 unspecified atom stereocenters. The van der Waals surface area contributed by atoms with Gasteiger partial charge in [-0.3, -0.25) is 9.89 Å². The second kappa shape index (κ2) is 7.05. The second-order valence-electron chi connectivity index (χ2n) is 7.52. The Labute approximate surface area is 166 Å². The molecule has 0 atom stereocenters. The number of nitriles is 1. The van der Waals surface area contributed by atoms with E-state index >= 15 is 0 Å². The number of anilines is 1. The van der Waals surface area contributed by atoms with E-state index in [1.165, 1.54) is 0 Å². The number of rotatable bonds is 4. The van der Waals surface area contributed by atoms with E-state index < -0.39 is 0 Å². The number of carbonyl (C=O) groups excluding carboxylic acids is 1. The van der Waals surface area contributed by atoms with Crippen LogP contribution < -0.4 is 5.32 Å². The Kier molecular flexibility index (Phi) is 4.24. The maximum Gasteiger partial charge on any atom is 0.291 e. The van der Waals surface area contributed by atoms with Crippen molar-refractivity contribution in [2.45, 2.75) is 38.1 Å². The quantitative estimate of drug-likeness (QED) is 0.493. The van der Waals surface area contributed by atoms with Gasteiger partial charge in [-0.05, 0) is 37.7 Å². The van der Waals surface area contributed by atoms with Crippen LogP contribution in [0.5, 0.6) is 0 Å². The smallest absolute Gasteiger partial charge is 0.291 e. The van der Waals surface area contributed by atoms with Crippen LogP contribution in [0.2, 0.25) is 0 Å². The third-order valence-electron chi connectivity index (χ3n) is 5.75. The van der Waals surface area contributed by atoms with Gasteiger partial charge in [0.25, 0.3) is 5.91 Å². The van der Waals surface area contributed by atoms with E-state index in [0.717, 1.165) is 42.2 Å². The van der Waals surface area contributed by atoms with Crippen molar-refractivity contribution in [3.63, 3.8) is 0 Å². The first-order chi connectivity index (χ1) is 14.2. The average Bonchev–Trinajstić information content (AvgIpc) is 3.47. The molecule has 5 rings (SSSR count). The Morgan fingerprint density at radius 1 is 1.31 bits per heavy atom. The first-order valence-corrected chi connectivity index (χ1v) is 9.75. The van der Waals surface area contributed by atoms with Crippen molar-refractivity contribution in [2.24, 2.45) is 5.92 Å². The van der Waals surface area contributed by atoms with Crippen molar-refractivity contribution in [2.75, 3.05) is 5.32 Å². The summed E-state index contributed by atoms with van der Waals surface area (Å²) in [5.74, 6) is 0.536. The normalized spacial score (nSPS) is 19.4. The first kappa shape index (κ1) is 17.4. The molecule has 0 bridgehead atoms. The summed E-state index contributed by atoms with van der Waals surface area (Å²) in [7, 11) is 0. The summed E-state index contributed by atoms with van der Waals surface area (Å²) in [5, 5.41) is 19.4. The number of imidazole rings is 1. The van der Waals surface area contributed by atoms with Gasteiger partial charge in [-0.2, -0.15) is 10.4 Å². The van der Waals surface area contributed by atoms with Gasteiger partial charge < -0.3 is 14.9 Å². The lowest BCUT2D eigenvalue weighted by Crippen LogP contribution is -2.24. The van der Waals surface area contributed by atoms with Crippen LogP contribution in [-0.4, -0.2) is 35.6 Å². The van der Waals surface area contributed by atoms with Crippen LogP contribution in [0.1, 0.15) is 48.8 Å². The summed E-state index contributed by atoms with van der Waals surface area (Å²) in [4.78, 5) is 25.3. The third kappa shape index (κ3) is 3.02. The van der Waals surface area contributed by atoms with Crippen molar-refractivity contribution >= 4 is 33.7 Å². The fourth-order valence-corrected chi connectivity index (χ4v) is 4.35. The summed E-state index contributed by atoms with van der Waals surface area (Å²) < 4.78 is 2.07. The van der Waals surface area contributed by atoms with Crippen LogP contribution in [-0.2, 0) is 0 Å². The average molecular weight is 388 g/mol. The van der Waals surface area contributed by atoms with Crippen LogP contribution >= 0.6 is 0 Å². The van der Waals surface area contributed by atoms with E-state index in [2.05, 4.69) is 41.1 Å². The van der Waals surface area contributed by atoms with Crippen LogP contribution in [0, 0.1) is 17.2 Å². The van der Waals surface area contributed by atoms with Gasteiger partial charge in [0.15, 0.2) is 0 Å². The number of nitrogens with zero attached hydrogens (tertiary/aromatic N) is 5. The molecule has 4 aromatic heterocycles. The standard InChI is InChI=1S/C20H20N8O/c21-7-5-12-1-3-14(4-2-12)28-17-15-6-8-22-18(15)23-11-16(17)27-19(28)20(29)26-13-9-24-25-10-13/h6,8-12,14H,1-5H2,(H,22,23)(H,24,25)(H,26,29)/t12-,14-. The van der Waals surface area contributed by atoms with Gasteiger partial charge >= 0.3 is 0 Å². The molecule has 3 N–H and O–H groups in total. The Morgan fingerprint density at radius 3 is 2.93 bits per heavy atom. The molecule has 1 aliphatic rings. The van der Waals surface area contributed by atoms with Gasteiger partial charge in [-0.25, -0.2) is 9.97 Å². The van der Waals surface area contributed by atoms with Crippen molar-refractivity contribution in [3.8, 4) is 6.07 Å². The fourth-order valence-electron chi connectivity index (χ4n) is 4.35. The minimum Gasteiger partial charge on any atom is -0.346 e. The zero-order chi connectivity index (χ0) is 19.8. The number of pyridine rings is 1. The number of aromatic nitrogens is 6. The highest BCUT2D eigenvalue weighted by Gasteiger charge is 2.29. The lowest BCUT2D eigenvalue weighted by Gasteiger charge is -2.29. The number of aromatic amines is 2. The van der Waals surface area contributed by atoms with E-state index in [4.69, 9.17) is 5.26 Å². The number of H-pyrrole nitrogens is 2. The van der Waals surface area contributed by atoms with Gasteiger partial charge in [-0.1, -0.05) is 0 Å². The molecule has 1 saturated carbocycles. The van der Waals surface area contributed by atoms with E-state index in [0.29, 0.717) is 29.4 Å². The zero-order valence-corrected chi connectivity index (χ0v) is 15.7. The van der Waals surface area contributed by atoms with Crippen molar-refractivity contribution in [3.05, 3.63) is 36.7 Å². The van der Waals surface area contributed by atoms with E-state index in [1.54, 1.807) is 18.6 Å². The number of fused-ring (bicyclic) bond motifs is 3. The Morgan fingerprint density at radius 2 is 2.17 bits per heavy atom. The highest BCUT2D eigenvalue weighted by Crippen LogP contribution is 2.38. The zero-order valence-electron chi connectivity index (χ0n) is 15.7. The Bertz CT molecular complexity index is 1200. The molecule has 9 nitrogen and oxygen atoms in total. The van der Waals surface area contributed by atoms with Gasteiger partial charge in [0.2, 0.25) is 5.82 Å². The molecule has 0 saturated heterocycles. The van der Waals surface area contributed by atoms with E-state index in [9.17, 15) is 4.79 Å². The summed E-state index contributed by atoms with van der Waals surface area (Å²) in [6.07, 6.45) is 11.1. The molecule has 9 heteroatoms. The number of nitrogens with one attached hydrogen (secondary N) is 3. The summed E-state index contributed by atoms with van der Waals surface area (Å²) in [6, 6.07) is 4.41. The molecule has 29 heavy (non-hydrogen) atoms. The predicted octanol–water partition coefficient (Wildman–Crippen LogP) is 3.53. The van der Waals surface area contributed by atoms with Crippen molar-refractivity contribution < 1.29 is 4.79 Å². The van der Waals surface area contributed by atoms with E-state index in [1.807, 2.05) is 12.3 Å². The maximum absolute atomic E-state index is 13.1. The molecule has 0 aromatic carbocycles. The second-order valence-corrected chi connectivity index (χ2v) is 7.52. The lowest BCUT2D eigenvalue weighted by molar-refractivity contribution is 0.100. The van der Waals surface area contributed by atoms with Crippen LogP contribution in [0.3, 0.4) is 0 Å². The van der Waals surface area contributed by atoms with E-state index in [-0.39, 0.29) is 11.9 Å². The Hall–Kier alpha value is -3.67. The van der Waals surface area contributed by atoms with Crippen LogP contribution in [0.4, 0.5) is 5.69 Å². The topological polar surface area (TPSA) is 128 Å². The number of amides is 1. The number of hydrogen-bond acceptors (Lipinski definition) is 5. The molecule has 146 valence electrons. The van der Waals surface area contributed by atoms with Crippen LogP contribution in [0.15, 0.2) is 30.9 Å². The summed E-state index contributed by atoms with van der Waals surface area (Å²) >= 11 is 0. The van der Waals surface area contributed by atoms with Crippen molar-refractivity contribution in [1.29, 1.82) is 5.26 Å². The first-order valence-electron chi connectivity index (χ1n) is 9.75. The number of carbonyl (C=O) groups is 1. The molecule has 4 heterocycles. The van der Waals surface area contributed by atoms with Crippen molar-refractivity contribution in [1.82, 2.24) is 29.7 Å². The minimum absolute atomic E-state index is 0.153. The highest BCUT2D eigenvalue weighted by molar-refractivity contribution is 6.07. The predicted molar refractivity (Wildman–Crippen MR) is 107 cm³/mol. The third-order valence-corrected chi connectivity index (χ3v) is 5.75. The van der Waals surface area contributed by atoms with Gasteiger partial charge in [0.05, 0.1) is 29.7 Å². The molecule has 0 aliphatic heterocycles. The summed E-state index contributed by atoms with van der Waals surface area (Å²) in [5.41, 5.74) is 3.00. The lowest BCUT2D eigenvalue weighted by atomic mass is 9.84. The molecule has 4 aromatic rings. The van der Waals surface area contributed by atoms with Crippen LogP contribution in [0.25, 0.3) is 22.1 Å². The highest BCUT2D eigenvalue weighted by atomic mass is 16.2. The monoisotopic (exact) mass is 388 g/mol. The fraction of sp³-hybridized carbons (Fsp3) is 0.350. The van der Waals surface area contributed by atoms with Gasteiger partial charge in [0, 0.05) is 30.2 Å². The summed E-state index contributed by atoms with van der Waals surface area (Å²) in [6.45, 7) is 0. The molecular weight excluding hydrogens is 368 g/mol. The largest absolute Gasteiger partial charge is 0.346 e. The minimum atomic E-state index is -0.273. The van der Waals surface area contributed by atoms with Gasteiger partial charge in [0.1, 0.15) is 11.2 Å². The molecule has 1 fully saturated rings. The molecule has 0 radical (unpaired) electrons. The molecule has 0 spiro atoms. The SMILES string of the molecule is N#CC[C@H]1CC[C@H](n2c(C(=O)Nc3cn[nH]c3)nc3cnc4[nH]ccc4c32)CC1. The number of hydrogen-bond donors (Lipinski definition) is 3. The maximum atomic E-state index is 13.1. The van der Waals surface area contributed by atoms with Gasteiger partial charge in [-0.15, -0.1) is 0 Å². The Balaban J connectivity index is 1.60. The molecular formula is C20H20N8O.